The number of para-hydroxylation sites is 1. The summed E-state index contributed by atoms with van der Waals surface area (Å²) >= 11 is 0. The topological polar surface area (TPSA) is 38.9 Å². The Morgan fingerprint density at radius 2 is 0.949 bits per heavy atom. The second-order valence-corrected chi connectivity index (χ2v) is 9.51. The van der Waals surface area contributed by atoms with E-state index in [1.165, 1.54) is 11.1 Å². The maximum atomic E-state index is 6.20. The maximum Gasteiger partial charge on any atom is 0.227 e. The van der Waals surface area contributed by atoms with E-state index < -0.39 is 0 Å². The van der Waals surface area contributed by atoms with Crippen LogP contribution in [0.2, 0.25) is 0 Å². The fraction of sp³-hybridized carbons (Fsp3) is 0. The molecule has 0 fully saturated rings. The first kappa shape index (κ1) is 22.9. The minimum Gasteiger partial charge on any atom is -0.436 e. The van der Waals surface area contributed by atoms with E-state index in [2.05, 4.69) is 114 Å². The summed E-state index contributed by atoms with van der Waals surface area (Å²) in [5.74, 6) is 0.622. The summed E-state index contributed by atoms with van der Waals surface area (Å²) in [6.45, 7) is 0. The van der Waals surface area contributed by atoms with E-state index in [0.29, 0.717) is 5.89 Å². The monoisotopic (exact) mass is 500 g/mol. The minimum atomic E-state index is 0.622. The van der Waals surface area contributed by atoms with Crippen molar-refractivity contribution >= 4 is 11.1 Å². The van der Waals surface area contributed by atoms with E-state index in [0.717, 1.165) is 50.0 Å². The second kappa shape index (κ2) is 9.88. The zero-order valence-corrected chi connectivity index (χ0v) is 21.2. The van der Waals surface area contributed by atoms with Crippen molar-refractivity contribution in [3.8, 4) is 56.0 Å². The van der Waals surface area contributed by atoms with Crippen LogP contribution < -0.4 is 0 Å². The molecule has 3 heteroatoms. The van der Waals surface area contributed by atoms with E-state index in [-0.39, 0.29) is 0 Å². The van der Waals surface area contributed by atoms with E-state index in [4.69, 9.17) is 9.40 Å². The maximum absolute atomic E-state index is 6.20. The molecule has 7 aromatic rings. The smallest absolute Gasteiger partial charge is 0.227 e. The molecule has 184 valence electrons. The van der Waals surface area contributed by atoms with Gasteiger partial charge in [0.1, 0.15) is 5.52 Å². The third-order valence-electron chi connectivity index (χ3n) is 7.07. The van der Waals surface area contributed by atoms with Crippen LogP contribution in [0, 0.1) is 0 Å². The number of pyridine rings is 1. The number of benzene rings is 5. The Labute approximate surface area is 227 Å². The van der Waals surface area contributed by atoms with Gasteiger partial charge in [-0.25, -0.2) is 4.98 Å². The van der Waals surface area contributed by atoms with Gasteiger partial charge in [-0.05, 0) is 63.2 Å². The summed E-state index contributed by atoms with van der Waals surface area (Å²) in [6.07, 6.45) is 3.68. The molecule has 0 aliphatic heterocycles. The molecule has 0 aliphatic carbocycles. The summed E-state index contributed by atoms with van der Waals surface area (Å²) < 4.78 is 6.20. The van der Waals surface area contributed by atoms with Crippen molar-refractivity contribution in [2.24, 2.45) is 0 Å². The third kappa shape index (κ3) is 4.51. The van der Waals surface area contributed by atoms with Gasteiger partial charge in [0.25, 0.3) is 0 Å². The van der Waals surface area contributed by atoms with Crippen molar-refractivity contribution in [3.63, 3.8) is 0 Å². The predicted molar refractivity (Wildman–Crippen MR) is 159 cm³/mol. The summed E-state index contributed by atoms with van der Waals surface area (Å²) in [5, 5.41) is 0. The molecular formula is C36H24N2O. The van der Waals surface area contributed by atoms with Gasteiger partial charge in [-0.2, -0.15) is 0 Å². The van der Waals surface area contributed by atoms with Crippen LogP contribution in [0.15, 0.2) is 150 Å². The summed E-state index contributed by atoms with van der Waals surface area (Å²) in [7, 11) is 0. The van der Waals surface area contributed by atoms with Crippen LogP contribution in [0.4, 0.5) is 0 Å². The van der Waals surface area contributed by atoms with E-state index >= 15 is 0 Å². The zero-order chi connectivity index (χ0) is 26.0. The standard InChI is InChI=1S/C36H24N2O/c1-2-6-25(7-3-1)26-15-19-30(20-16-26)33-9-4-10-34-35(33)38-36(39-34)31-21-17-28(18-22-31)27-11-13-29(14-12-27)32-8-5-23-37-24-32/h1-24H. The highest BCUT2D eigenvalue weighted by Gasteiger charge is 2.13. The molecule has 0 aliphatic rings. The van der Waals surface area contributed by atoms with Gasteiger partial charge in [0, 0.05) is 23.5 Å². The molecule has 5 aromatic carbocycles. The molecule has 2 heterocycles. The van der Waals surface area contributed by atoms with Crippen molar-refractivity contribution in [3.05, 3.63) is 146 Å². The Morgan fingerprint density at radius 3 is 1.56 bits per heavy atom. The first-order chi connectivity index (χ1) is 19.3. The molecule has 0 amide bonds. The van der Waals surface area contributed by atoms with Gasteiger partial charge < -0.3 is 4.42 Å². The fourth-order valence-electron chi connectivity index (χ4n) is 4.97. The van der Waals surface area contributed by atoms with Gasteiger partial charge in [0.15, 0.2) is 5.58 Å². The Balaban J connectivity index is 1.16. The molecule has 0 unspecified atom stereocenters. The van der Waals surface area contributed by atoms with Crippen LogP contribution in [0.5, 0.6) is 0 Å². The van der Waals surface area contributed by atoms with Gasteiger partial charge in [0.2, 0.25) is 5.89 Å². The largest absolute Gasteiger partial charge is 0.436 e. The summed E-state index contributed by atoms with van der Waals surface area (Å²) in [5.41, 5.74) is 11.8. The fourth-order valence-corrected chi connectivity index (χ4v) is 4.97. The number of hydrogen-bond donors (Lipinski definition) is 0. The molecule has 0 spiro atoms. The van der Waals surface area contributed by atoms with Crippen LogP contribution >= 0.6 is 0 Å². The number of aromatic nitrogens is 2. The van der Waals surface area contributed by atoms with Crippen molar-refractivity contribution in [2.45, 2.75) is 0 Å². The van der Waals surface area contributed by atoms with E-state index in [9.17, 15) is 0 Å². The number of fused-ring (bicyclic) bond motifs is 1. The van der Waals surface area contributed by atoms with E-state index in [1.807, 2.05) is 30.5 Å². The number of oxazole rings is 1. The highest BCUT2D eigenvalue weighted by Crippen LogP contribution is 2.34. The van der Waals surface area contributed by atoms with Crippen LogP contribution in [0.1, 0.15) is 0 Å². The molecular weight excluding hydrogens is 476 g/mol. The summed E-state index contributed by atoms with van der Waals surface area (Å²) in [4.78, 5) is 9.13. The molecule has 0 saturated carbocycles. The molecule has 0 radical (unpaired) electrons. The molecule has 0 saturated heterocycles. The van der Waals surface area contributed by atoms with Crippen molar-refractivity contribution in [2.75, 3.05) is 0 Å². The van der Waals surface area contributed by atoms with Crippen LogP contribution in [0.25, 0.3) is 67.1 Å². The zero-order valence-electron chi connectivity index (χ0n) is 21.2. The highest BCUT2D eigenvalue weighted by atomic mass is 16.3. The third-order valence-corrected chi connectivity index (χ3v) is 7.07. The van der Waals surface area contributed by atoms with Crippen molar-refractivity contribution in [1.29, 1.82) is 0 Å². The van der Waals surface area contributed by atoms with Gasteiger partial charge in [-0.15, -0.1) is 0 Å². The molecule has 0 N–H and O–H groups in total. The molecule has 3 nitrogen and oxygen atoms in total. The molecule has 0 bridgehead atoms. The Hall–Kier alpha value is -5.28. The minimum absolute atomic E-state index is 0.622. The SMILES string of the molecule is c1ccc(-c2ccc(-c3cccc4oc(-c5ccc(-c6ccc(-c7cccnc7)cc6)cc5)nc34)cc2)cc1. The number of hydrogen-bond acceptors (Lipinski definition) is 3. The lowest BCUT2D eigenvalue weighted by Gasteiger charge is -2.05. The first-order valence-electron chi connectivity index (χ1n) is 13.0. The quantitative estimate of drug-likeness (QED) is 0.236. The highest BCUT2D eigenvalue weighted by molar-refractivity contribution is 5.92. The van der Waals surface area contributed by atoms with Crippen molar-refractivity contribution in [1.82, 2.24) is 9.97 Å². The first-order valence-corrected chi connectivity index (χ1v) is 13.0. The number of rotatable bonds is 5. The lowest BCUT2D eigenvalue weighted by Crippen LogP contribution is -1.83. The molecule has 39 heavy (non-hydrogen) atoms. The van der Waals surface area contributed by atoms with Gasteiger partial charge in [0.05, 0.1) is 0 Å². The van der Waals surface area contributed by atoms with Crippen LogP contribution in [-0.4, -0.2) is 9.97 Å². The van der Waals surface area contributed by atoms with Gasteiger partial charge >= 0.3 is 0 Å². The normalized spacial score (nSPS) is 11.1. The Morgan fingerprint density at radius 1 is 0.410 bits per heavy atom. The summed E-state index contributed by atoms with van der Waals surface area (Å²) in [6, 6.07) is 46.1. The number of nitrogens with zero attached hydrogens (tertiary/aromatic N) is 2. The van der Waals surface area contributed by atoms with Crippen molar-refractivity contribution < 1.29 is 4.42 Å². The Bertz CT molecular complexity index is 1850. The van der Waals surface area contributed by atoms with Gasteiger partial charge in [-0.1, -0.05) is 109 Å². The van der Waals surface area contributed by atoms with E-state index in [1.54, 1.807) is 6.20 Å². The van der Waals surface area contributed by atoms with Gasteiger partial charge in [-0.3, -0.25) is 4.98 Å². The van der Waals surface area contributed by atoms with Crippen LogP contribution in [-0.2, 0) is 0 Å². The molecule has 0 atom stereocenters. The lowest BCUT2D eigenvalue weighted by atomic mass is 9.99. The van der Waals surface area contributed by atoms with Crippen LogP contribution in [0.3, 0.4) is 0 Å². The lowest BCUT2D eigenvalue weighted by molar-refractivity contribution is 0.620. The predicted octanol–water partition coefficient (Wildman–Crippen LogP) is 9.56. The second-order valence-electron chi connectivity index (χ2n) is 9.51. The Kier molecular flexibility index (Phi) is 5.80. The molecule has 7 rings (SSSR count). The average molecular weight is 501 g/mol. The molecule has 2 aromatic heterocycles. The average Bonchev–Trinajstić information content (AvgIpc) is 3.47.